The SMILES string of the molecule is CP(C)(=O)c1cc(C#N)ccc1Nc1nc(Nc2ccc3c(c2)CC[C@H](N2CC4CC2C4)CC3)ncc1Cl. The van der Waals surface area contributed by atoms with Crippen molar-refractivity contribution in [3.8, 4) is 6.07 Å². The van der Waals surface area contributed by atoms with Crippen LogP contribution in [-0.2, 0) is 17.4 Å². The minimum atomic E-state index is -2.66. The van der Waals surface area contributed by atoms with E-state index in [4.69, 9.17) is 11.6 Å². The summed E-state index contributed by atoms with van der Waals surface area (Å²) in [6.07, 6.45) is 9.07. The lowest BCUT2D eigenvalue weighted by Gasteiger charge is -2.32. The molecule has 196 valence electrons. The first-order valence-corrected chi connectivity index (χ1v) is 16.3. The summed E-state index contributed by atoms with van der Waals surface area (Å²) in [7, 11) is -2.66. The Morgan fingerprint density at radius 3 is 2.55 bits per heavy atom. The van der Waals surface area contributed by atoms with Gasteiger partial charge in [0.2, 0.25) is 5.95 Å². The quantitative estimate of drug-likeness (QED) is 0.286. The van der Waals surface area contributed by atoms with E-state index in [2.05, 4.69) is 49.8 Å². The smallest absolute Gasteiger partial charge is 0.229 e. The number of fused-ring (bicyclic) bond motifs is 2. The fourth-order valence-electron chi connectivity index (χ4n) is 6.24. The summed E-state index contributed by atoms with van der Waals surface area (Å²) in [5.74, 6) is 1.79. The predicted molar refractivity (Wildman–Crippen MR) is 154 cm³/mol. The van der Waals surface area contributed by atoms with Gasteiger partial charge in [-0.3, -0.25) is 4.90 Å². The Balaban J connectivity index is 1.19. The van der Waals surface area contributed by atoms with Crippen LogP contribution in [0.25, 0.3) is 0 Å². The van der Waals surface area contributed by atoms with E-state index in [1.54, 1.807) is 37.7 Å². The molecule has 2 N–H and O–H groups in total. The van der Waals surface area contributed by atoms with Crippen LogP contribution in [0.5, 0.6) is 0 Å². The lowest BCUT2D eigenvalue weighted by Crippen LogP contribution is -2.37. The summed E-state index contributed by atoms with van der Waals surface area (Å²) in [5, 5.41) is 16.8. The van der Waals surface area contributed by atoms with Crippen molar-refractivity contribution in [2.45, 2.75) is 50.6 Å². The molecular formula is C29H32ClN6OP. The van der Waals surface area contributed by atoms with E-state index in [1.807, 2.05) is 0 Å². The Labute approximate surface area is 229 Å². The van der Waals surface area contributed by atoms with Gasteiger partial charge in [-0.25, -0.2) is 4.98 Å². The van der Waals surface area contributed by atoms with Crippen molar-refractivity contribution in [1.29, 1.82) is 5.26 Å². The molecule has 3 heterocycles. The van der Waals surface area contributed by atoms with Crippen LogP contribution in [0.15, 0.2) is 42.6 Å². The van der Waals surface area contributed by atoms with Gasteiger partial charge in [-0.05, 0) is 99.2 Å². The van der Waals surface area contributed by atoms with Crippen LogP contribution in [0.2, 0.25) is 5.02 Å². The number of aryl methyl sites for hydroxylation is 2. The molecular weight excluding hydrogens is 515 g/mol. The highest BCUT2D eigenvalue weighted by atomic mass is 35.5. The zero-order valence-electron chi connectivity index (χ0n) is 21.7. The Bertz CT molecular complexity index is 1470. The van der Waals surface area contributed by atoms with Crippen LogP contribution >= 0.6 is 18.7 Å². The molecule has 38 heavy (non-hydrogen) atoms. The fraction of sp³-hybridized carbons (Fsp3) is 0.414. The molecule has 0 radical (unpaired) electrons. The summed E-state index contributed by atoms with van der Waals surface area (Å²) in [6, 6.07) is 15.3. The first kappa shape index (κ1) is 25.4. The van der Waals surface area contributed by atoms with E-state index >= 15 is 0 Å². The average molecular weight is 547 g/mol. The third kappa shape index (κ3) is 5.06. The van der Waals surface area contributed by atoms with E-state index in [0.29, 0.717) is 39.4 Å². The highest BCUT2D eigenvalue weighted by Gasteiger charge is 2.45. The minimum absolute atomic E-state index is 0.348. The second-order valence-corrected chi connectivity index (χ2v) is 14.8. The number of hydrogen-bond donors (Lipinski definition) is 2. The van der Waals surface area contributed by atoms with Gasteiger partial charge in [0, 0.05) is 29.6 Å². The largest absolute Gasteiger partial charge is 0.338 e. The summed E-state index contributed by atoms with van der Waals surface area (Å²) < 4.78 is 12.9. The lowest BCUT2D eigenvalue weighted by molar-refractivity contribution is 0.170. The molecule has 2 aromatic carbocycles. The van der Waals surface area contributed by atoms with Gasteiger partial charge in [0.05, 0.1) is 23.5 Å². The number of rotatable bonds is 6. The first-order valence-electron chi connectivity index (χ1n) is 13.3. The topological polar surface area (TPSA) is 93.9 Å². The highest BCUT2D eigenvalue weighted by molar-refractivity contribution is 7.70. The number of benzene rings is 2. The Hall–Kier alpha value is -2.91. The number of hydrogen-bond acceptors (Lipinski definition) is 7. The zero-order valence-corrected chi connectivity index (χ0v) is 23.4. The Kier molecular flexibility index (Phi) is 6.68. The molecule has 0 amide bonds. The molecule has 2 bridgehead atoms. The monoisotopic (exact) mass is 546 g/mol. The summed E-state index contributed by atoms with van der Waals surface area (Å²) >= 11 is 6.43. The fourth-order valence-corrected chi connectivity index (χ4v) is 7.54. The maximum Gasteiger partial charge on any atom is 0.229 e. The standard InChI is InChI=1S/C29H32ClN6OP/c1-38(2,37)27-13-18(15-31)3-10-26(27)34-28-25(30)16-32-29(35-28)33-22-7-4-20-5-8-23(9-6-21(20)14-22)36-17-19-11-24(36)12-19/h3-4,7,10,13-14,16,19,23-24H,5-6,8-9,11-12,17H2,1-2H3,(H2,32,33,34,35)/t19?,23-,24?/m1/s1. The molecule has 9 heteroatoms. The van der Waals surface area contributed by atoms with Crippen molar-refractivity contribution in [3.63, 3.8) is 0 Å². The van der Waals surface area contributed by atoms with E-state index in [9.17, 15) is 9.83 Å². The summed E-state index contributed by atoms with van der Waals surface area (Å²) in [6.45, 7) is 4.66. The number of aromatic nitrogens is 2. The summed E-state index contributed by atoms with van der Waals surface area (Å²) in [4.78, 5) is 11.8. The third-order valence-electron chi connectivity index (χ3n) is 8.28. The van der Waals surface area contributed by atoms with Crippen LogP contribution in [0.4, 0.5) is 23.1 Å². The van der Waals surface area contributed by atoms with E-state index in [0.717, 1.165) is 30.5 Å². The molecule has 7 rings (SSSR count). The maximum atomic E-state index is 12.9. The Morgan fingerprint density at radius 2 is 1.84 bits per heavy atom. The maximum absolute atomic E-state index is 12.9. The van der Waals surface area contributed by atoms with Crippen LogP contribution in [0.1, 0.15) is 42.4 Å². The van der Waals surface area contributed by atoms with Gasteiger partial charge >= 0.3 is 0 Å². The van der Waals surface area contributed by atoms with Crippen molar-refractivity contribution in [2.75, 3.05) is 30.5 Å². The van der Waals surface area contributed by atoms with Crippen LogP contribution in [-0.4, -0.2) is 46.8 Å². The molecule has 0 unspecified atom stereocenters. The van der Waals surface area contributed by atoms with Gasteiger partial charge in [-0.15, -0.1) is 0 Å². The van der Waals surface area contributed by atoms with E-state index < -0.39 is 7.14 Å². The molecule has 2 aliphatic carbocycles. The number of anilines is 4. The van der Waals surface area contributed by atoms with Gasteiger partial charge in [0.15, 0.2) is 5.82 Å². The molecule has 0 spiro atoms. The zero-order chi connectivity index (χ0) is 26.4. The molecule has 7 nitrogen and oxygen atoms in total. The van der Waals surface area contributed by atoms with Crippen molar-refractivity contribution < 1.29 is 4.57 Å². The Morgan fingerprint density at radius 1 is 1.05 bits per heavy atom. The molecule has 4 aliphatic rings. The van der Waals surface area contributed by atoms with Crippen molar-refractivity contribution in [3.05, 3.63) is 64.3 Å². The minimum Gasteiger partial charge on any atom is -0.338 e. The predicted octanol–water partition coefficient (Wildman–Crippen LogP) is 6.08. The molecule has 1 saturated carbocycles. The molecule has 3 fully saturated rings. The summed E-state index contributed by atoms with van der Waals surface area (Å²) in [5.41, 5.74) is 4.86. The molecule has 2 aliphatic heterocycles. The number of nitrogens with one attached hydrogen (secondary N) is 2. The van der Waals surface area contributed by atoms with Crippen LogP contribution < -0.4 is 15.9 Å². The number of halogens is 1. The number of nitriles is 1. The van der Waals surface area contributed by atoms with Crippen LogP contribution in [0, 0.1) is 17.2 Å². The molecule has 3 aromatic rings. The number of nitrogens with zero attached hydrogens (tertiary/aromatic N) is 4. The van der Waals surface area contributed by atoms with Gasteiger partial charge in [-0.2, -0.15) is 10.2 Å². The second kappa shape index (κ2) is 10.0. The van der Waals surface area contributed by atoms with E-state index in [-0.39, 0.29) is 0 Å². The van der Waals surface area contributed by atoms with Crippen LogP contribution in [0.3, 0.4) is 0 Å². The van der Waals surface area contributed by atoms with Gasteiger partial charge < -0.3 is 15.2 Å². The molecule has 2 saturated heterocycles. The molecule has 1 atom stereocenters. The lowest BCUT2D eigenvalue weighted by atomic mass is 9.86. The second-order valence-electron chi connectivity index (χ2n) is 11.2. The normalized spacial score (nSPS) is 22.6. The molecule has 1 aromatic heterocycles. The van der Waals surface area contributed by atoms with E-state index in [1.165, 1.54) is 43.4 Å². The average Bonchev–Trinajstić information content (AvgIpc) is 3.42. The van der Waals surface area contributed by atoms with Crippen molar-refractivity contribution in [2.24, 2.45) is 5.92 Å². The highest BCUT2D eigenvalue weighted by Crippen LogP contribution is 2.44. The third-order valence-corrected chi connectivity index (χ3v) is 10.1. The van der Waals surface area contributed by atoms with Gasteiger partial charge in [0.25, 0.3) is 0 Å². The van der Waals surface area contributed by atoms with Crippen molar-refractivity contribution in [1.82, 2.24) is 14.9 Å². The van der Waals surface area contributed by atoms with Crippen molar-refractivity contribution >= 4 is 47.2 Å². The first-order chi connectivity index (χ1) is 18.3. The van der Waals surface area contributed by atoms with Gasteiger partial charge in [0.1, 0.15) is 12.2 Å². The van der Waals surface area contributed by atoms with Gasteiger partial charge in [-0.1, -0.05) is 17.7 Å².